The molecule has 0 aromatic heterocycles. The molecule has 0 fully saturated rings. The van der Waals surface area contributed by atoms with Gasteiger partial charge in [0.1, 0.15) is 0 Å². The lowest BCUT2D eigenvalue weighted by molar-refractivity contribution is 0.331. The van der Waals surface area contributed by atoms with Crippen molar-refractivity contribution in [2.24, 2.45) is 11.0 Å². The van der Waals surface area contributed by atoms with Crippen LogP contribution in [-0.2, 0) is 0 Å². The third kappa shape index (κ3) is 5.23. The van der Waals surface area contributed by atoms with Crippen molar-refractivity contribution in [3.8, 4) is 0 Å². The Kier molecular flexibility index (Phi) is 7.05. The molecule has 1 heterocycles. The quantitative estimate of drug-likeness (QED) is 0.588. The first-order valence-corrected chi connectivity index (χ1v) is 9.05. The van der Waals surface area contributed by atoms with Gasteiger partial charge in [-0.3, -0.25) is 5.01 Å². The minimum Gasteiger partial charge on any atom is -0.289 e. The molecule has 128 valence electrons. The minimum absolute atomic E-state index is 0.566. The van der Waals surface area contributed by atoms with E-state index in [4.69, 9.17) is 0 Å². The molecule has 1 aromatic rings. The smallest absolute Gasteiger partial charge is 0.0580 e. The molecule has 1 unspecified atom stereocenters. The summed E-state index contributed by atoms with van der Waals surface area (Å²) >= 11 is 0. The van der Waals surface area contributed by atoms with Crippen LogP contribution in [0.25, 0.3) is 5.57 Å². The van der Waals surface area contributed by atoms with Crippen LogP contribution in [0.1, 0.15) is 46.1 Å². The molecule has 1 aliphatic rings. The molecule has 1 aliphatic heterocycles. The minimum atomic E-state index is 0.566. The summed E-state index contributed by atoms with van der Waals surface area (Å²) < 4.78 is 0. The van der Waals surface area contributed by atoms with E-state index < -0.39 is 0 Å². The summed E-state index contributed by atoms with van der Waals surface area (Å²) in [4.78, 5) is 0. The van der Waals surface area contributed by atoms with Crippen molar-refractivity contribution in [3.05, 3.63) is 65.8 Å². The lowest BCUT2D eigenvalue weighted by atomic mass is 9.96. The van der Waals surface area contributed by atoms with Crippen LogP contribution in [0.3, 0.4) is 0 Å². The van der Waals surface area contributed by atoms with Gasteiger partial charge in [0.15, 0.2) is 0 Å². The molecule has 0 saturated carbocycles. The van der Waals surface area contributed by atoms with E-state index in [9.17, 15) is 0 Å². The van der Waals surface area contributed by atoms with E-state index in [1.807, 2.05) is 0 Å². The second-order valence-electron chi connectivity index (χ2n) is 6.45. The standard InChI is InChI=1S/C22H30N2/c1-5-18(3)22(17-24-16-10-11-19(4)23-24)15-14-20(6-2)21-12-8-7-9-13-21/h7-15,18H,5-6,16-17H2,1-4H3/b20-14+,22-15+. The highest BCUT2D eigenvalue weighted by molar-refractivity contribution is 5.93. The van der Waals surface area contributed by atoms with Crippen LogP contribution >= 0.6 is 0 Å². The van der Waals surface area contributed by atoms with Crippen molar-refractivity contribution >= 4 is 11.3 Å². The average molecular weight is 322 g/mol. The Bertz CT molecular complexity index is 635. The molecule has 0 amide bonds. The summed E-state index contributed by atoms with van der Waals surface area (Å²) in [5.74, 6) is 0.566. The highest BCUT2D eigenvalue weighted by Crippen LogP contribution is 2.21. The fourth-order valence-electron chi connectivity index (χ4n) is 2.87. The first-order chi connectivity index (χ1) is 11.6. The van der Waals surface area contributed by atoms with Crippen molar-refractivity contribution in [1.29, 1.82) is 0 Å². The number of hydrogen-bond donors (Lipinski definition) is 0. The van der Waals surface area contributed by atoms with Gasteiger partial charge >= 0.3 is 0 Å². The number of benzene rings is 1. The number of hydrazone groups is 1. The second-order valence-corrected chi connectivity index (χ2v) is 6.45. The molecule has 0 radical (unpaired) electrons. The summed E-state index contributed by atoms with van der Waals surface area (Å²) in [6.07, 6.45) is 11.1. The predicted octanol–water partition coefficient (Wildman–Crippen LogP) is 5.70. The highest BCUT2D eigenvalue weighted by Gasteiger charge is 2.12. The van der Waals surface area contributed by atoms with Gasteiger partial charge in [0.25, 0.3) is 0 Å². The van der Waals surface area contributed by atoms with Crippen LogP contribution in [0, 0.1) is 5.92 Å². The van der Waals surface area contributed by atoms with Gasteiger partial charge in [-0.05, 0) is 48.5 Å². The molecular weight excluding hydrogens is 292 g/mol. The van der Waals surface area contributed by atoms with Crippen LogP contribution in [0.5, 0.6) is 0 Å². The van der Waals surface area contributed by atoms with Gasteiger partial charge in [-0.2, -0.15) is 5.10 Å². The van der Waals surface area contributed by atoms with E-state index in [2.05, 4.69) is 92.4 Å². The number of hydrogen-bond acceptors (Lipinski definition) is 2. The van der Waals surface area contributed by atoms with Crippen molar-refractivity contribution < 1.29 is 0 Å². The van der Waals surface area contributed by atoms with E-state index in [0.717, 1.165) is 31.6 Å². The summed E-state index contributed by atoms with van der Waals surface area (Å²) in [5, 5.41) is 6.81. The lowest BCUT2D eigenvalue weighted by Gasteiger charge is -2.25. The van der Waals surface area contributed by atoms with E-state index in [1.165, 1.54) is 16.7 Å². The van der Waals surface area contributed by atoms with Gasteiger partial charge in [-0.25, -0.2) is 0 Å². The average Bonchev–Trinajstić information content (AvgIpc) is 2.61. The molecule has 0 aliphatic carbocycles. The largest absolute Gasteiger partial charge is 0.289 e. The van der Waals surface area contributed by atoms with Crippen LogP contribution in [0.2, 0.25) is 0 Å². The maximum Gasteiger partial charge on any atom is 0.0580 e. The number of rotatable bonds is 7. The van der Waals surface area contributed by atoms with E-state index in [0.29, 0.717) is 5.92 Å². The van der Waals surface area contributed by atoms with Gasteiger partial charge in [-0.15, -0.1) is 0 Å². The van der Waals surface area contributed by atoms with Crippen molar-refractivity contribution in [3.63, 3.8) is 0 Å². The SMILES string of the molecule is CC/C(=C\C=C(/CN1CC=CC(C)=N1)C(C)CC)c1ccccc1. The topological polar surface area (TPSA) is 15.6 Å². The van der Waals surface area contributed by atoms with Crippen molar-refractivity contribution in [1.82, 2.24) is 5.01 Å². The van der Waals surface area contributed by atoms with Crippen LogP contribution in [0.4, 0.5) is 0 Å². The summed E-state index contributed by atoms with van der Waals surface area (Å²) in [6, 6.07) is 10.7. The van der Waals surface area contributed by atoms with Gasteiger partial charge in [0.05, 0.1) is 18.8 Å². The Hall–Kier alpha value is -2.09. The number of allylic oxidation sites excluding steroid dienone is 4. The first kappa shape index (κ1) is 18.3. The molecular formula is C22H30N2. The zero-order valence-corrected chi connectivity index (χ0v) is 15.5. The molecule has 1 atom stereocenters. The molecule has 2 heteroatoms. The summed E-state index contributed by atoms with van der Waals surface area (Å²) in [7, 11) is 0. The maximum absolute atomic E-state index is 4.65. The Morgan fingerprint density at radius 2 is 1.96 bits per heavy atom. The van der Waals surface area contributed by atoms with Gasteiger partial charge in [0, 0.05) is 0 Å². The monoisotopic (exact) mass is 322 g/mol. The Morgan fingerprint density at radius 1 is 1.21 bits per heavy atom. The Balaban J connectivity index is 2.21. The summed E-state index contributed by atoms with van der Waals surface area (Å²) in [6.45, 7) is 10.6. The molecule has 0 spiro atoms. The molecule has 0 saturated heterocycles. The van der Waals surface area contributed by atoms with Crippen molar-refractivity contribution in [2.45, 2.75) is 40.5 Å². The molecule has 24 heavy (non-hydrogen) atoms. The normalized spacial score (nSPS) is 17.0. The highest BCUT2D eigenvalue weighted by atomic mass is 15.5. The number of nitrogens with zero attached hydrogens (tertiary/aromatic N) is 2. The molecule has 2 nitrogen and oxygen atoms in total. The van der Waals surface area contributed by atoms with Gasteiger partial charge < -0.3 is 0 Å². The fraction of sp³-hybridized carbons (Fsp3) is 0.409. The lowest BCUT2D eigenvalue weighted by Crippen LogP contribution is -2.26. The zero-order valence-electron chi connectivity index (χ0n) is 15.5. The molecule has 2 rings (SSSR count). The van der Waals surface area contributed by atoms with Crippen molar-refractivity contribution in [2.75, 3.05) is 13.1 Å². The van der Waals surface area contributed by atoms with Crippen LogP contribution < -0.4 is 0 Å². The van der Waals surface area contributed by atoms with Gasteiger partial charge in [0.2, 0.25) is 0 Å². The van der Waals surface area contributed by atoms with E-state index in [1.54, 1.807) is 0 Å². The third-order valence-corrected chi connectivity index (χ3v) is 4.61. The maximum atomic E-state index is 4.65. The van der Waals surface area contributed by atoms with E-state index >= 15 is 0 Å². The van der Waals surface area contributed by atoms with E-state index in [-0.39, 0.29) is 0 Å². The Morgan fingerprint density at radius 3 is 2.58 bits per heavy atom. The zero-order chi connectivity index (χ0) is 17.4. The fourth-order valence-corrected chi connectivity index (χ4v) is 2.87. The van der Waals surface area contributed by atoms with Gasteiger partial charge in [-0.1, -0.05) is 69.3 Å². The molecule has 0 N–H and O–H groups in total. The molecule has 0 bridgehead atoms. The molecule has 1 aromatic carbocycles. The summed E-state index contributed by atoms with van der Waals surface area (Å²) in [5.41, 5.74) is 5.23. The predicted molar refractivity (Wildman–Crippen MR) is 106 cm³/mol. The second kappa shape index (κ2) is 9.27. The Labute approximate surface area is 147 Å². The first-order valence-electron chi connectivity index (χ1n) is 9.05. The third-order valence-electron chi connectivity index (χ3n) is 4.61. The van der Waals surface area contributed by atoms with Crippen LogP contribution in [0.15, 0.2) is 65.3 Å². The van der Waals surface area contributed by atoms with Crippen LogP contribution in [-0.4, -0.2) is 23.8 Å².